The van der Waals surface area contributed by atoms with Crippen molar-refractivity contribution in [3.63, 3.8) is 0 Å². The first kappa shape index (κ1) is 13.9. The van der Waals surface area contributed by atoms with E-state index in [4.69, 9.17) is 5.84 Å². The summed E-state index contributed by atoms with van der Waals surface area (Å²) in [7, 11) is 0. The second-order valence-corrected chi connectivity index (χ2v) is 5.20. The Labute approximate surface area is 114 Å². The third kappa shape index (κ3) is 2.89. The molecule has 4 nitrogen and oxygen atoms in total. The number of hydrogen-bond acceptors (Lipinski definition) is 3. The van der Waals surface area contributed by atoms with E-state index in [2.05, 4.69) is 12.3 Å². The molecule has 1 fully saturated rings. The van der Waals surface area contributed by atoms with Crippen molar-refractivity contribution in [3.05, 3.63) is 29.3 Å². The number of nitrogens with one attached hydrogen (secondary N) is 1. The van der Waals surface area contributed by atoms with Crippen LogP contribution in [-0.2, 0) is 0 Å². The monoisotopic (exact) mass is 261 g/mol. The van der Waals surface area contributed by atoms with E-state index in [-0.39, 0.29) is 5.91 Å². The van der Waals surface area contributed by atoms with Crippen LogP contribution in [0.4, 0.5) is 5.69 Å². The van der Waals surface area contributed by atoms with Crippen LogP contribution in [0.25, 0.3) is 0 Å². The Balaban J connectivity index is 2.21. The highest BCUT2D eigenvalue weighted by Gasteiger charge is 2.26. The molecule has 1 aromatic rings. The first-order valence-corrected chi connectivity index (χ1v) is 7.05. The van der Waals surface area contributed by atoms with E-state index in [0.29, 0.717) is 6.04 Å². The first-order valence-electron chi connectivity index (χ1n) is 7.05. The molecule has 1 aromatic carbocycles. The van der Waals surface area contributed by atoms with Crippen LogP contribution in [-0.4, -0.2) is 23.4 Å². The molecule has 0 unspecified atom stereocenters. The van der Waals surface area contributed by atoms with Crippen molar-refractivity contribution < 1.29 is 4.79 Å². The van der Waals surface area contributed by atoms with Crippen LogP contribution in [0, 0.1) is 6.92 Å². The van der Waals surface area contributed by atoms with Gasteiger partial charge in [0.1, 0.15) is 0 Å². The number of carbonyl (C=O) groups is 1. The van der Waals surface area contributed by atoms with Gasteiger partial charge in [-0.15, -0.1) is 0 Å². The largest absolute Gasteiger partial charge is 0.336 e. The molecule has 0 radical (unpaired) electrons. The Morgan fingerprint density at radius 3 is 2.63 bits per heavy atom. The zero-order valence-corrected chi connectivity index (χ0v) is 11.8. The van der Waals surface area contributed by atoms with Gasteiger partial charge in [0.05, 0.1) is 0 Å². The third-order valence-corrected chi connectivity index (χ3v) is 3.99. The maximum atomic E-state index is 12.7. The normalized spacial score (nSPS) is 15.5. The van der Waals surface area contributed by atoms with Gasteiger partial charge < -0.3 is 10.3 Å². The van der Waals surface area contributed by atoms with Gasteiger partial charge in [0.25, 0.3) is 5.91 Å². The summed E-state index contributed by atoms with van der Waals surface area (Å²) in [6, 6.07) is 6.05. The van der Waals surface area contributed by atoms with Crippen molar-refractivity contribution in [3.8, 4) is 0 Å². The van der Waals surface area contributed by atoms with Gasteiger partial charge in [0.15, 0.2) is 0 Å². The highest BCUT2D eigenvalue weighted by Crippen LogP contribution is 2.26. The summed E-state index contributed by atoms with van der Waals surface area (Å²) in [5.41, 5.74) is 5.19. The lowest BCUT2D eigenvalue weighted by molar-refractivity contribution is 0.0693. The molecule has 2 rings (SSSR count). The average molecular weight is 261 g/mol. The standard InChI is InChI=1S/C15H23N3O/c1-3-18(13-6-4-5-7-13)15(19)14-9-8-12(17-16)10-11(14)2/h8-10,13,17H,3-7,16H2,1-2H3. The number of carbonyl (C=O) groups excluding carboxylic acids is 1. The Hall–Kier alpha value is -1.55. The Bertz CT molecular complexity index is 453. The minimum absolute atomic E-state index is 0.149. The van der Waals surface area contributed by atoms with E-state index in [0.717, 1.165) is 36.2 Å². The molecule has 0 atom stereocenters. The Morgan fingerprint density at radius 2 is 2.11 bits per heavy atom. The number of nitrogens with two attached hydrogens (primary N) is 1. The Morgan fingerprint density at radius 1 is 1.42 bits per heavy atom. The van der Waals surface area contributed by atoms with E-state index in [1.807, 2.05) is 30.0 Å². The molecule has 1 amide bonds. The highest BCUT2D eigenvalue weighted by atomic mass is 16.2. The number of aryl methyl sites for hydroxylation is 1. The lowest BCUT2D eigenvalue weighted by Gasteiger charge is -2.28. The highest BCUT2D eigenvalue weighted by molar-refractivity contribution is 5.96. The lowest BCUT2D eigenvalue weighted by Crippen LogP contribution is -2.38. The van der Waals surface area contributed by atoms with E-state index in [1.54, 1.807) is 0 Å². The fraction of sp³-hybridized carbons (Fsp3) is 0.533. The van der Waals surface area contributed by atoms with Crippen LogP contribution < -0.4 is 11.3 Å². The second kappa shape index (κ2) is 6.06. The van der Waals surface area contributed by atoms with Gasteiger partial charge in [-0.05, 0) is 50.5 Å². The van der Waals surface area contributed by atoms with Crippen molar-refractivity contribution in [2.75, 3.05) is 12.0 Å². The van der Waals surface area contributed by atoms with Gasteiger partial charge in [0.2, 0.25) is 0 Å². The molecular formula is C15H23N3O. The van der Waals surface area contributed by atoms with Gasteiger partial charge in [0, 0.05) is 23.8 Å². The smallest absolute Gasteiger partial charge is 0.254 e. The number of hydrogen-bond donors (Lipinski definition) is 2. The maximum absolute atomic E-state index is 12.7. The summed E-state index contributed by atoms with van der Waals surface area (Å²) in [6.07, 6.45) is 4.76. The number of hydrazine groups is 1. The summed E-state index contributed by atoms with van der Waals surface area (Å²) in [5, 5.41) is 0. The van der Waals surface area contributed by atoms with Crippen molar-refractivity contribution in [1.29, 1.82) is 0 Å². The molecule has 104 valence electrons. The molecule has 0 aromatic heterocycles. The lowest BCUT2D eigenvalue weighted by atomic mass is 10.1. The SMILES string of the molecule is CCN(C(=O)c1ccc(NN)cc1C)C1CCCC1. The van der Waals surface area contributed by atoms with Gasteiger partial charge >= 0.3 is 0 Å². The van der Waals surface area contributed by atoms with E-state index in [1.165, 1.54) is 12.8 Å². The van der Waals surface area contributed by atoms with Crippen molar-refractivity contribution in [2.24, 2.45) is 5.84 Å². The molecule has 0 bridgehead atoms. The van der Waals surface area contributed by atoms with E-state index < -0.39 is 0 Å². The van der Waals surface area contributed by atoms with Gasteiger partial charge in [-0.2, -0.15) is 0 Å². The van der Waals surface area contributed by atoms with Crippen LogP contribution in [0.3, 0.4) is 0 Å². The van der Waals surface area contributed by atoms with Gasteiger partial charge in [-0.25, -0.2) is 0 Å². The minimum atomic E-state index is 0.149. The predicted molar refractivity (Wildman–Crippen MR) is 78.0 cm³/mol. The quantitative estimate of drug-likeness (QED) is 0.647. The molecule has 1 aliphatic carbocycles. The molecule has 4 heteroatoms. The number of nitrogen functional groups attached to an aromatic ring is 1. The predicted octanol–water partition coefficient (Wildman–Crippen LogP) is 2.69. The van der Waals surface area contributed by atoms with Crippen molar-refractivity contribution >= 4 is 11.6 Å². The fourth-order valence-corrected chi connectivity index (χ4v) is 2.93. The topological polar surface area (TPSA) is 58.4 Å². The second-order valence-electron chi connectivity index (χ2n) is 5.20. The van der Waals surface area contributed by atoms with Crippen LogP contribution in [0.15, 0.2) is 18.2 Å². The minimum Gasteiger partial charge on any atom is -0.336 e. The zero-order chi connectivity index (χ0) is 13.8. The number of anilines is 1. The molecule has 3 N–H and O–H groups in total. The zero-order valence-electron chi connectivity index (χ0n) is 11.8. The number of nitrogens with zero attached hydrogens (tertiary/aromatic N) is 1. The molecule has 0 spiro atoms. The third-order valence-electron chi connectivity index (χ3n) is 3.99. The molecule has 19 heavy (non-hydrogen) atoms. The van der Waals surface area contributed by atoms with E-state index >= 15 is 0 Å². The number of benzene rings is 1. The molecule has 0 saturated heterocycles. The number of rotatable bonds is 4. The molecule has 0 aliphatic heterocycles. The Kier molecular flexibility index (Phi) is 4.43. The average Bonchev–Trinajstić information content (AvgIpc) is 2.93. The fourth-order valence-electron chi connectivity index (χ4n) is 2.93. The van der Waals surface area contributed by atoms with Crippen LogP contribution in [0.2, 0.25) is 0 Å². The van der Waals surface area contributed by atoms with Crippen molar-refractivity contribution in [2.45, 2.75) is 45.6 Å². The summed E-state index contributed by atoms with van der Waals surface area (Å²) in [6.45, 7) is 4.79. The molecule has 1 saturated carbocycles. The number of amides is 1. The summed E-state index contributed by atoms with van der Waals surface area (Å²) in [4.78, 5) is 14.7. The summed E-state index contributed by atoms with van der Waals surface area (Å²) < 4.78 is 0. The van der Waals surface area contributed by atoms with Gasteiger partial charge in [-0.1, -0.05) is 12.8 Å². The van der Waals surface area contributed by atoms with Crippen LogP contribution >= 0.6 is 0 Å². The van der Waals surface area contributed by atoms with Crippen LogP contribution in [0.1, 0.15) is 48.5 Å². The maximum Gasteiger partial charge on any atom is 0.254 e. The summed E-state index contributed by atoms with van der Waals surface area (Å²) in [5.74, 6) is 5.53. The molecule has 0 heterocycles. The van der Waals surface area contributed by atoms with Crippen molar-refractivity contribution in [1.82, 2.24) is 4.90 Å². The first-order chi connectivity index (χ1) is 9.17. The molecular weight excluding hydrogens is 238 g/mol. The molecule has 1 aliphatic rings. The van der Waals surface area contributed by atoms with E-state index in [9.17, 15) is 4.79 Å². The summed E-state index contributed by atoms with van der Waals surface area (Å²) >= 11 is 0. The van der Waals surface area contributed by atoms with Gasteiger partial charge in [-0.3, -0.25) is 10.6 Å². The van der Waals surface area contributed by atoms with Crippen LogP contribution in [0.5, 0.6) is 0 Å².